The van der Waals surface area contributed by atoms with Gasteiger partial charge in [0.05, 0.1) is 6.04 Å². The molecule has 0 heterocycles. The van der Waals surface area contributed by atoms with Crippen LogP contribution in [0.2, 0.25) is 0 Å². The van der Waals surface area contributed by atoms with Crippen LogP contribution in [0.15, 0.2) is 42.5 Å². The van der Waals surface area contributed by atoms with E-state index in [2.05, 4.69) is 55.6 Å². The molecule has 100 valence electrons. The lowest BCUT2D eigenvalue weighted by atomic mass is 9.92. The van der Waals surface area contributed by atoms with Gasteiger partial charge in [0.15, 0.2) is 0 Å². The van der Waals surface area contributed by atoms with Crippen molar-refractivity contribution in [2.45, 2.75) is 19.9 Å². The highest BCUT2D eigenvalue weighted by molar-refractivity contribution is 5.85. The number of carbonyl (C=O) groups is 1. The predicted molar refractivity (Wildman–Crippen MR) is 82.2 cm³/mol. The summed E-state index contributed by atoms with van der Waals surface area (Å²) in [7, 11) is 0. The van der Waals surface area contributed by atoms with Crippen molar-refractivity contribution in [3.63, 3.8) is 0 Å². The van der Waals surface area contributed by atoms with Crippen LogP contribution in [0.5, 0.6) is 0 Å². The van der Waals surface area contributed by atoms with E-state index in [0.717, 1.165) is 17.5 Å². The van der Waals surface area contributed by atoms with Crippen molar-refractivity contribution in [2.24, 2.45) is 0 Å². The van der Waals surface area contributed by atoms with Crippen molar-refractivity contribution in [3.8, 4) is 0 Å². The fraction of sp³-hybridized carbons (Fsp3) is 0.167. The number of hydrogen-bond acceptors (Lipinski definition) is 1. The summed E-state index contributed by atoms with van der Waals surface area (Å²) in [4.78, 5) is 11.0. The zero-order chi connectivity index (χ0) is 14.1. The Bertz CT molecular complexity index is 700. The molecule has 3 rings (SSSR count). The molecule has 1 unspecified atom stereocenters. The lowest BCUT2D eigenvalue weighted by Crippen LogP contribution is -2.22. The number of aryl methyl sites for hydroxylation is 1. The van der Waals surface area contributed by atoms with Crippen molar-refractivity contribution >= 4 is 18.1 Å². The Hall–Kier alpha value is -2.35. The Labute approximate surface area is 119 Å². The number of benzene rings is 2. The maximum atomic E-state index is 11.0. The van der Waals surface area contributed by atoms with E-state index >= 15 is 0 Å². The first-order valence-corrected chi connectivity index (χ1v) is 6.78. The highest BCUT2D eigenvalue weighted by Gasteiger charge is 2.22. The van der Waals surface area contributed by atoms with Crippen LogP contribution in [0.3, 0.4) is 0 Å². The highest BCUT2D eigenvalue weighted by Crippen LogP contribution is 2.36. The second kappa shape index (κ2) is 4.97. The molecule has 1 atom stereocenters. The van der Waals surface area contributed by atoms with E-state index in [1.807, 2.05) is 12.1 Å². The Kier molecular flexibility index (Phi) is 3.15. The van der Waals surface area contributed by atoms with Crippen LogP contribution in [0.1, 0.15) is 40.8 Å². The fourth-order valence-corrected chi connectivity index (χ4v) is 2.91. The number of fused-ring (bicyclic) bond motifs is 2. The summed E-state index contributed by atoms with van der Waals surface area (Å²) in [6, 6.07) is 14.6. The average Bonchev–Trinajstić information content (AvgIpc) is 2.57. The Morgan fingerprint density at radius 1 is 1.05 bits per heavy atom. The SMILES string of the molecule is CC1=Cc2ccc(C)cc2C(NC=O)c2ccccc21. The molecule has 1 N–H and O–H groups in total. The van der Waals surface area contributed by atoms with Crippen LogP contribution >= 0.6 is 0 Å². The van der Waals surface area contributed by atoms with Crippen molar-refractivity contribution in [2.75, 3.05) is 0 Å². The van der Waals surface area contributed by atoms with E-state index in [9.17, 15) is 4.79 Å². The van der Waals surface area contributed by atoms with Crippen LogP contribution in [0.25, 0.3) is 11.6 Å². The minimum atomic E-state index is -0.0905. The number of amides is 1. The van der Waals surface area contributed by atoms with Crippen LogP contribution in [0, 0.1) is 6.92 Å². The van der Waals surface area contributed by atoms with Gasteiger partial charge in [-0.25, -0.2) is 0 Å². The zero-order valence-electron chi connectivity index (χ0n) is 11.7. The summed E-state index contributed by atoms with van der Waals surface area (Å²) in [6.07, 6.45) is 2.98. The molecule has 1 aliphatic carbocycles. The van der Waals surface area contributed by atoms with Gasteiger partial charge in [-0.05, 0) is 41.7 Å². The summed E-state index contributed by atoms with van der Waals surface area (Å²) in [5, 5.41) is 2.97. The topological polar surface area (TPSA) is 29.1 Å². The third kappa shape index (κ3) is 2.03. The van der Waals surface area contributed by atoms with E-state index in [1.165, 1.54) is 22.3 Å². The molecule has 20 heavy (non-hydrogen) atoms. The predicted octanol–water partition coefficient (Wildman–Crippen LogP) is 3.70. The summed E-state index contributed by atoms with van der Waals surface area (Å²) < 4.78 is 0. The molecule has 1 aliphatic rings. The van der Waals surface area contributed by atoms with Gasteiger partial charge in [-0.3, -0.25) is 4.79 Å². The normalized spacial score (nSPS) is 16.5. The van der Waals surface area contributed by atoms with Crippen LogP contribution < -0.4 is 5.32 Å². The van der Waals surface area contributed by atoms with Crippen molar-refractivity contribution in [3.05, 3.63) is 70.3 Å². The van der Waals surface area contributed by atoms with Crippen LogP contribution in [-0.4, -0.2) is 6.41 Å². The molecule has 1 amide bonds. The third-order valence-electron chi connectivity index (χ3n) is 3.86. The van der Waals surface area contributed by atoms with Gasteiger partial charge in [-0.2, -0.15) is 0 Å². The highest BCUT2D eigenvalue weighted by atomic mass is 16.1. The van der Waals surface area contributed by atoms with Gasteiger partial charge in [-0.15, -0.1) is 0 Å². The van der Waals surface area contributed by atoms with E-state index in [4.69, 9.17) is 0 Å². The average molecular weight is 263 g/mol. The van der Waals surface area contributed by atoms with Gasteiger partial charge >= 0.3 is 0 Å². The number of carbonyl (C=O) groups excluding carboxylic acids is 1. The Balaban J connectivity index is 2.30. The van der Waals surface area contributed by atoms with Gasteiger partial charge in [0, 0.05) is 0 Å². The standard InChI is InChI=1S/C18H17NO/c1-12-7-8-14-10-13(2)15-5-3-4-6-16(15)18(19-11-20)17(14)9-12/h3-11,18H,1-2H3,(H,19,20). The molecule has 0 bridgehead atoms. The monoisotopic (exact) mass is 263 g/mol. The summed E-state index contributed by atoms with van der Waals surface area (Å²) in [5.74, 6) is 0. The van der Waals surface area contributed by atoms with Crippen molar-refractivity contribution < 1.29 is 4.79 Å². The fourth-order valence-electron chi connectivity index (χ4n) is 2.91. The minimum Gasteiger partial charge on any atom is -0.348 e. The lowest BCUT2D eigenvalue weighted by Gasteiger charge is -2.20. The van der Waals surface area contributed by atoms with Crippen LogP contribution in [-0.2, 0) is 4.79 Å². The van der Waals surface area contributed by atoms with Gasteiger partial charge in [-0.1, -0.05) is 54.1 Å². The number of nitrogens with one attached hydrogen (secondary N) is 1. The van der Waals surface area contributed by atoms with Gasteiger partial charge in [0.25, 0.3) is 0 Å². The number of hydrogen-bond donors (Lipinski definition) is 1. The smallest absolute Gasteiger partial charge is 0.207 e. The minimum absolute atomic E-state index is 0.0905. The Morgan fingerprint density at radius 2 is 1.85 bits per heavy atom. The molecule has 0 spiro atoms. The van der Waals surface area contributed by atoms with E-state index in [1.54, 1.807) is 0 Å². The molecule has 0 aromatic heterocycles. The van der Waals surface area contributed by atoms with E-state index in [0.29, 0.717) is 0 Å². The second-order valence-corrected chi connectivity index (χ2v) is 5.26. The molecule has 0 saturated heterocycles. The second-order valence-electron chi connectivity index (χ2n) is 5.26. The molecule has 0 saturated carbocycles. The summed E-state index contributed by atoms with van der Waals surface area (Å²) in [5.41, 5.74) is 7.09. The summed E-state index contributed by atoms with van der Waals surface area (Å²) in [6.45, 7) is 4.19. The van der Waals surface area contributed by atoms with Crippen LogP contribution in [0.4, 0.5) is 0 Å². The largest absolute Gasteiger partial charge is 0.348 e. The van der Waals surface area contributed by atoms with E-state index < -0.39 is 0 Å². The number of rotatable bonds is 2. The third-order valence-corrected chi connectivity index (χ3v) is 3.86. The quantitative estimate of drug-likeness (QED) is 0.822. The van der Waals surface area contributed by atoms with Gasteiger partial charge in [0.2, 0.25) is 6.41 Å². The summed E-state index contributed by atoms with van der Waals surface area (Å²) >= 11 is 0. The van der Waals surface area contributed by atoms with E-state index in [-0.39, 0.29) is 6.04 Å². The Morgan fingerprint density at radius 3 is 2.65 bits per heavy atom. The first-order valence-electron chi connectivity index (χ1n) is 6.78. The van der Waals surface area contributed by atoms with Gasteiger partial charge < -0.3 is 5.32 Å². The molecular formula is C18H17NO. The molecule has 2 heteroatoms. The molecule has 2 nitrogen and oxygen atoms in total. The first kappa shape index (κ1) is 12.7. The van der Waals surface area contributed by atoms with Crippen molar-refractivity contribution in [1.29, 1.82) is 0 Å². The molecule has 0 radical (unpaired) electrons. The lowest BCUT2D eigenvalue weighted by molar-refractivity contribution is -0.110. The zero-order valence-corrected chi connectivity index (χ0v) is 11.7. The van der Waals surface area contributed by atoms with Crippen molar-refractivity contribution in [1.82, 2.24) is 5.32 Å². The number of allylic oxidation sites excluding steroid dienone is 1. The molecule has 0 fully saturated rings. The first-order chi connectivity index (χ1) is 9.70. The maximum absolute atomic E-state index is 11.0. The molecular weight excluding hydrogens is 246 g/mol. The maximum Gasteiger partial charge on any atom is 0.207 e. The molecule has 2 aromatic rings. The molecule has 2 aromatic carbocycles. The molecule has 0 aliphatic heterocycles. The van der Waals surface area contributed by atoms with Gasteiger partial charge in [0.1, 0.15) is 0 Å².